The van der Waals surface area contributed by atoms with Crippen LogP contribution in [0.15, 0.2) is 42.5 Å². The van der Waals surface area contributed by atoms with Crippen molar-refractivity contribution >= 4 is 47.3 Å². The third-order valence-corrected chi connectivity index (χ3v) is 5.23. The fraction of sp³-hybridized carbons (Fsp3) is 0.263. The standard InChI is InChI=1S/C19H18Cl2N2O2.ClH/c1-23(13-8-9-22-11-13)19(25)15-5-3-2-4-14(15)18(24)12-6-7-16(20)17(21)10-12;/h2-7,10,13,22H,8-9,11H2,1H3;1H. The summed E-state index contributed by atoms with van der Waals surface area (Å²) in [6.45, 7) is 1.66. The average Bonchev–Trinajstić information content (AvgIpc) is 3.17. The second-order valence-electron chi connectivity index (χ2n) is 6.07. The van der Waals surface area contributed by atoms with E-state index in [0.717, 1.165) is 19.5 Å². The Labute approximate surface area is 168 Å². The molecule has 0 radical (unpaired) electrons. The van der Waals surface area contributed by atoms with Crippen molar-refractivity contribution in [1.29, 1.82) is 0 Å². The minimum Gasteiger partial charge on any atom is -0.337 e. The molecule has 1 heterocycles. The number of halogens is 3. The number of nitrogens with one attached hydrogen (secondary N) is 1. The highest BCUT2D eigenvalue weighted by Crippen LogP contribution is 2.25. The van der Waals surface area contributed by atoms with Crippen molar-refractivity contribution in [2.75, 3.05) is 20.1 Å². The Bertz CT molecular complexity index is 820. The first kappa shape index (κ1) is 20.7. The van der Waals surface area contributed by atoms with E-state index in [0.29, 0.717) is 26.7 Å². The molecule has 26 heavy (non-hydrogen) atoms. The van der Waals surface area contributed by atoms with Crippen LogP contribution in [0.25, 0.3) is 0 Å². The van der Waals surface area contributed by atoms with E-state index in [9.17, 15) is 9.59 Å². The molecule has 0 aromatic heterocycles. The number of carbonyl (C=O) groups excluding carboxylic acids is 2. The number of nitrogens with zero attached hydrogens (tertiary/aromatic N) is 1. The number of benzene rings is 2. The Hall–Kier alpha value is -1.59. The zero-order chi connectivity index (χ0) is 18.0. The summed E-state index contributed by atoms with van der Waals surface area (Å²) in [5, 5.41) is 3.94. The summed E-state index contributed by atoms with van der Waals surface area (Å²) in [4.78, 5) is 27.5. The topological polar surface area (TPSA) is 49.4 Å². The van der Waals surface area contributed by atoms with Gasteiger partial charge in [0.15, 0.2) is 5.78 Å². The smallest absolute Gasteiger partial charge is 0.254 e. The molecule has 1 amide bonds. The zero-order valence-electron chi connectivity index (χ0n) is 14.2. The average molecular weight is 414 g/mol. The molecule has 1 aliphatic rings. The van der Waals surface area contributed by atoms with Crippen LogP contribution in [0.2, 0.25) is 10.0 Å². The van der Waals surface area contributed by atoms with Crippen molar-refractivity contribution in [3.63, 3.8) is 0 Å². The number of amides is 1. The van der Waals surface area contributed by atoms with E-state index in [1.807, 2.05) is 0 Å². The summed E-state index contributed by atoms with van der Waals surface area (Å²) >= 11 is 11.9. The predicted molar refractivity (Wildman–Crippen MR) is 107 cm³/mol. The van der Waals surface area contributed by atoms with Gasteiger partial charge in [-0.05, 0) is 37.2 Å². The minimum atomic E-state index is -0.250. The van der Waals surface area contributed by atoms with Crippen LogP contribution in [0.4, 0.5) is 0 Å². The van der Waals surface area contributed by atoms with Crippen molar-refractivity contribution in [1.82, 2.24) is 10.2 Å². The van der Waals surface area contributed by atoms with E-state index in [2.05, 4.69) is 5.32 Å². The summed E-state index contributed by atoms with van der Waals surface area (Å²) in [7, 11) is 1.78. The minimum absolute atomic E-state index is 0. The van der Waals surface area contributed by atoms with Gasteiger partial charge < -0.3 is 10.2 Å². The molecule has 1 atom stereocenters. The number of ketones is 1. The molecule has 1 unspecified atom stereocenters. The lowest BCUT2D eigenvalue weighted by Gasteiger charge is -2.24. The summed E-state index contributed by atoms with van der Waals surface area (Å²) < 4.78 is 0. The van der Waals surface area contributed by atoms with Gasteiger partial charge in [-0.2, -0.15) is 0 Å². The van der Waals surface area contributed by atoms with Crippen molar-refractivity contribution in [3.8, 4) is 0 Å². The first-order valence-electron chi connectivity index (χ1n) is 8.05. The first-order chi connectivity index (χ1) is 12.0. The third-order valence-electron chi connectivity index (χ3n) is 4.49. The van der Waals surface area contributed by atoms with E-state index >= 15 is 0 Å². The summed E-state index contributed by atoms with van der Waals surface area (Å²) in [6, 6.07) is 11.7. The molecule has 1 N–H and O–H groups in total. The molecule has 0 spiro atoms. The maximum absolute atomic E-state index is 12.9. The van der Waals surface area contributed by atoms with E-state index in [1.54, 1.807) is 48.3 Å². The van der Waals surface area contributed by atoms with Gasteiger partial charge in [0.25, 0.3) is 5.91 Å². The normalized spacial score (nSPS) is 16.0. The first-order valence-corrected chi connectivity index (χ1v) is 8.81. The molecule has 0 saturated carbocycles. The highest BCUT2D eigenvalue weighted by Gasteiger charge is 2.27. The Morgan fingerprint density at radius 1 is 1.08 bits per heavy atom. The molecule has 138 valence electrons. The van der Waals surface area contributed by atoms with Crippen molar-refractivity contribution in [3.05, 3.63) is 69.2 Å². The Morgan fingerprint density at radius 3 is 2.38 bits per heavy atom. The van der Waals surface area contributed by atoms with Gasteiger partial charge in [-0.15, -0.1) is 12.4 Å². The van der Waals surface area contributed by atoms with Gasteiger partial charge in [-0.3, -0.25) is 9.59 Å². The number of rotatable bonds is 4. The number of hydrogen-bond acceptors (Lipinski definition) is 3. The second-order valence-corrected chi connectivity index (χ2v) is 6.88. The van der Waals surface area contributed by atoms with Gasteiger partial charge in [0.2, 0.25) is 0 Å². The molecule has 1 saturated heterocycles. The van der Waals surface area contributed by atoms with Gasteiger partial charge >= 0.3 is 0 Å². The van der Waals surface area contributed by atoms with Crippen LogP contribution in [0.1, 0.15) is 32.7 Å². The SMILES string of the molecule is CN(C(=O)c1ccccc1C(=O)c1ccc(Cl)c(Cl)c1)C1CCNC1.Cl. The Kier molecular flexibility index (Phi) is 7.07. The molecule has 1 fully saturated rings. The number of likely N-dealkylation sites (N-methyl/N-ethyl adjacent to an activating group) is 1. The zero-order valence-corrected chi connectivity index (χ0v) is 16.5. The van der Waals surface area contributed by atoms with Crippen LogP contribution in [0, 0.1) is 0 Å². The maximum Gasteiger partial charge on any atom is 0.254 e. The predicted octanol–water partition coefficient (Wildman–Crippen LogP) is 4.08. The van der Waals surface area contributed by atoms with Crippen LogP contribution >= 0.6 is 35.6 Å². The monoisotopic (exact) mass is 412 g/mol. The largest absolute Gasteiger partial charge is 0.337 e. The molecular weight excluding hydrogens is 395 g/mol. The molecule has 7 heteroatoms. The molecule has 4 nitrogen and oxygen atoms in total. The van der Waals surface area contributed by atoms with Crippen molar-refractivity contribution in [2.45, 2.75) is 12.5 Å². The Morgan fingerprint density at radius 2 is 1.77 bits per heavy atom. The van der Waals surface area contributed by atoms with Crippen molar-refractivity contribution < 1.29 is 9.59 Å². The van der Waals surface area contributed by atoms with Crippen molar-refractivity contribution in [2.24, 2.45) is 0 Å². The lowest BCUT2D eigenvalue weighted by molar-refractivity contribution is 0.0739. The fourth-order valence-corrected chi connectivity index (χ4v) is 3.28. The molecular formula is C19H19Cl3N2O2. The van der Waals surface area contributed by atoms with Crippen LogP contribution in [-0.2, 0) is 0 Å². The molecule has 2 aromatic rings. The van der Waals surface area contributed by atoms with Gasteiger partial charge in [0.05, 0.1) is 15.6 Å². The Balaban J connectivity index is 0.00000243. The van der Waals surface area contributed by atoms with Crippen LogP contribution in [0.5, 0.6) is 0 Å². The summed E-state index contributed by atoms with van der Waals surface area (Å²) in [6.07, 6.45) is 0.908. The molecule has 0 aliphatic carbocycles. The molecule has 0 bridgehead atoms. The van der Waals surface area contributed by atoms with Crippen LogP contribution in [-0.4, -0.2) is 42.8 Å². The lowest BCUT2D eigenvalue weighted by Crippen LogP contribution is -2.39. The highest BCUT2D eigenvalue weighted by atomic mass is 35.5. The maximum atomic E-state index is 12.9. The van der Waals surface area contributed by atoms with Gasteiger partial charge in [0.1, 0.15) is 0 Å². The van der Waals surface area contributed by atoms with Crippen LogP contribution in [0.3, 0.4) is 0 Å². The molecule has 3 rings (SSSR count). The van der Waals surface area contributed by atoms with E-state index in [1.165, 1.54) is 6.07 Å². The molecule has 1 aliphatic heterocycles. The van der Waals surface area contributed by atoms with Gasteiger partial charge in [-0.1, -0.05) is 41.4 Å². The number of hydrogen-bond donors (Lipinski definition) is 1. The lowest BCUT2D eigenvalue weighted by atomic mass is 9.97. The highest BCUT2D eigenvalue weighted by molar-refractivity contribution is 6.42. The van der Waals surface area contributed by atoms with E-state index in [4.69, 9.17) is 23.2 Å². The summed E-state index contributed by atoms with van der Waals surface area (Å²) in [5.41, 5.74) is 1.16. The summed E-state index contributed by atoms with van der Waals surface area (Å²) in [5.74, 6) is -0.404. The quantitative estimate of drug-likeness (QED) is 0.768. The third kappa shape index (κ3) is 4.21. The fourth-order valence-electron chi connectivity index (χ4n) is 2.99. The van der Waals surface area contributed by atoms with Gasteiger partial charge in [-0.25, -0.2) is 0 Å². The number of carbonyl (C=O) groups is 2. The van der Waals surface area contributed by atoms with E-state index < -0.39 is 0 Å². The molecule has 2 aromatic carbocycles. The van der Waals surface area contributed by atoms with E-state index in [-0.39, 0.29) is 30.1 Å². The van der Waals surface area contributed by atoms with Crippen LogP contribution < -0.4 is 5.32 Å². The van der Waals surface area contributed by atoms with Gasteiger partial charge in [0, 0.05) is 30.8 Å². The second kappa shape index (κ2) is 8.87.